The van der Waals surface area contributed by atoms with Crippen molar-refractivity contribution in [3.05, 3.63) is 102 Å². The van der Waals surface area contributed by atoms with Crippen molar-refractivity contribution in [2.45, 2.75) is 17.9 Å². The maximum Gasteiger partial charge on any atom is 0.248 e. The first kappa shape index (κ1) is 23.9. The highest BCUT2D eigenvalue weighted by Gasteiger charge is 2.07. The van der Waals surface area contributed by atoms with E-state index < -0.39 is 23.1 Å². The lowest BCUT2D eigenvalue weighted by molar-refractivity contribution is -0.115. The molecule has 0 aromatic heterocycles. The van der Waals surface area contributed by atoms with Gasteiger partial charge in [0.25, 0.3) is 0 Å². The van der Waals surface area contributed by atoms with Crippen LogP contribution in [0.5, 0.6) is 5.75 Å². The average molecular weight is 440 g/mol. The van der Waals surface area contributed by atoms with Crippen molar-refractivity contribution in [2.75, 3.05) is 6.61 Å². The van der Waals surface area contributed by atoms with E-state index in [-0.39, 0.29) is 23.0 Å². The van der Waals surface area contributed by atoms with Crippen LogP contribution in [0, 0.1) is 0 Å². The lowest BCUT2D eigenvalue weighted by Gasteiger charge is -2.14. The molecular weight excluding hydrogens is 418 g/mol. The molecule has 1 aromatic carbocycles. The molecule has 1 aliphatic rings. The molecule has 1 aromatic rings. The Bertz CT molecular complexity index is 1030. The van der Waals surface area contributed by atoms with Gasteiger partial charge >= 0.3 is 0 Å². The van der Waals surface area contributed by atoms with Gasteiger partial charge in [0, 0.05) is 17.0 Å². The molecule has 0 saturated heterocycles. The molecule has 162 valence electrons. The quantitative estimate of drug-likeness (QED) is 0.190. The molecule has 0 heterocycles. The van der Waals surface area contributed by atoms with Gasteiger partial charge in [-0.1, -0.05) is 25.0 Å². The second kappa shape index (κ2) is 11.7. The van der Waals surface area contributed by atoms with Gasteiger partial charge in [0.15, 0.2) is 0 Å². The fourth-order valence-electron chi connectivity index (χ4n) is 2.22. The van der Waals surface area contributed by atoms with E-state index in [0.29, 0.717) is 11.4 Å². The van der Waals surface area contributed by atoms with Crippen molar-refractivity contribution in [2.24, 2.45) is 0 Å². The maximum absolute atomic E-state index is 12.2. The summed E-state index contributed by atoms with van der Waals surface area (Å²) < 4.78 is 33.0. The fourth-order valence-corrected chi connectivity index (χ4v) is 2.57. The molecule has 0 saturated carbocycles. The third-order valence-corrected chi connectivity index (χ3v) is 4.35. The molecule has 7 nitrogen and oxygen atoms in total. The van der Waals surface area contributed by atoms with Crippen molar-refractivity contribution in [1.29, 1.82) is 0 Å². The number of nitrogens with one attached hydrogen (secondary N) is 1. The molecule has 2 atom stereocenters. The number of hydrogen-bond acceptors (Lipinski definition) is 6. The lowest BCUT2D eigenvalue weighted by Crippen LogP contribution is -2.19. The summed E-state index contributed by atoms with van der Waals surface area (Å²) in [6.45, 7) is 8.95. The zero-order valence-corrected chi connectivity index (χ0v) is 17.7. The summed E-state index contributed by atoms with van der Waals surface area (Å²) in [5.74, 6) is 0.375. The Balaban J connectivity index is 2.08. The van der Waals surface area contributed by atoms with Crippen LogP contribution in [-0.2, 0) is 20.6 Å². The number of carbonyl (C=O) groups is 1. The first-order chi connectivity index (χ1) is 14.8. The molecule has 0 fully saturated rings. The first-order valence-electron chi connectivity index (χ1n) is 9.15. The van der Waals surface area contributed by atoms with Gasteiger partial charge in [0.2, 0.25) is 5.91 Å². The van der Waals surface area contributed by atoms with Crippen molar-refractivity contribution >= 4 is 17.0 Å². The smallest absolute Gasteiger partial charge is 0.248 e. The summed E-state index contributed by atoms with van der Waals surface area (Å²) in [5, 5.41) is 11.9. The number of aliphatic hydroxyl groups is 1. The number of rotatable bonds is 10. The lowest BCUT2D eigenvalue weighted by atomic mass is 10.2. The molecule has 31 heavy (non-hydrogen) atoms. The minimum Gasteiger partial charge on any atom is -0.768 e. The van der Waals surface area contributed by atoms with Gasteiger partial charge in [-0.3, -0.25) is 9.00 Å². The zero-order valence-electron chi connectivity index (χ0n) is 16.9. The third kappa shape index (κ3) is 8.46. The van der Waals surface area contributed by atoms with Crippen LogP contribution >= 0.6 is 0 Å². The van der Waals surface area contributed by atoms with Crippen LogP contribution in [0.2, 0.25) is 0 Å². The Kier molecular flexibility index (Phi) is 8.99. The summed E-state index contributed by atoms with van der Waals surface area (Å²) >= 11 is -2.33. The summed E-state index contributed by atoms with van der Waals surface area (Å²) in [6.07, 6.45) is 8.66. The number of ether oxygens (including phenoxy) is 2. The molecular formula is C23H22NO6S-. The van der Waals surface area contributed by atoms with E-state index in [9.17, 15) is 18.7 Å². The third-order valence-electron chi connectivity index (χ3n) is 3.70. The summed E-state index contributed by atoms with van der Waals surface area (Å²) in [7, 11) is 0. The van der Waals surface area contributed by atoms with Gasteiger partial charge in [0.05, 0.1) is 12.3 Å². The van der Waals surface area contributed by atoms with Gasteiger partial charge in [-0.2, -0.15) is 0 Å². The average Bonchev–Trinajstić information content (AvgIpc) is 2.74. The first-order valence-corrected chi connectivity index (χ1v) is 10.2. The van der Waals surface area contributed by atoms with Crippen molar-refractivity contribution in [3.63, 3.8) is 0 Å². The Morgan fingerprint density at radius 2 is 2.03 bits per heavy atom. The molecule has 0 aliphatic heterocycles. The monoisotopic (exact) mass is 440 g/mol. The highest BCUT2D eigenvalue weighted by molar-refractivity contribution is 7.79. The minimum atomic E-state index is -2.33. The molecule has 0 radical (unpaired) electrons. The highest BCUT2D eigenvalue weighted by Crippen LogP contribution is 2.18. The normalized spacial score (nSPS) is 15.4. The molecule has 2 rings (SSSR count). The number of aliphatic hydroxyl groups excluding tert-OH is 1. The predicted molar refractivity (Wildman–Crippen MR) is 116 cm³/mol. The number of carbonyl (C=O) groups excluding carboxylic acids is 1. The van der Waals surface area contributed by atoms with Crippen LogP contribution in [0.15, 0.2) is 107 Å². The van der Waals surface area contributed by atoms with E-state index in [1.54, 1.807) is 25.2 Å². The molecule has 2 N–H and O–H groups in total. The minimum absolute atomic E-state index is 0.130. The SMILES string of the molecule is C=C1C=C=C(NC(=O)/C=C/C(=C\C(=C)Oc2ccc(S(=O)[O-])cc2)O[C@@H](C)CO)C=C1. The van der Waals surface area contributed by atoms with E-state index in [0.717, 1.165) is 5.57 Å². The Hall–Kier alpha value is -3.42. The van der Waals surface area contributed by atoms with Crippen LogP contribution in [0.25, 0.3) is 0 Å². The van der Waals surface area contributed by atoms with Crippen LogP contribution in [0.4, 0.5) is 0 Å². The van der Waals surface area contributed by atoms with Gasteiger partial charge in [-0.05, 0) is 66.1 Å². The topological polar surface area (TPSA) is 108 Å². The molecule has 0 bridgehead atoms. The molecule has 8 heteroatoms. The Morgan fingerprint density at radius 1 is 1.32 bits per heavy atom. The number of hydrogen-bond donors (Lipinski definition) is 2. The number of amides is 1. The Labute approximate surface area is 183 Å². The van der Waals surface area contributed by atoms with Crippen LogP contribution < -0.4 is 10.1 Å². The zero-order chi connectivity index (χ0) is 22.8. The second-order valence-electron chi connectivity index (χ2n) is 6.37. The maximum atomic E-state index is 12.2. The van der Waals surface area contributed by atoms with Gasteiger partial charge in [-0.25, -0.2) is 0 Å². The van der Waals surface area contributed by atoms with Crippen molar-refractivity contribution in [1.82, 2.24) is 5.32 Å². The number of benzene rings is 1. The Morgan fingerprint density at radius 3 is 2.61 bits per heavy atom. The van der Waals surface area contributed by atoms with Gasteiger partial charge in [0.1, 0.15) is 23.4 Å². The standard InChI is InChI=1S/C23H23NO6S/c1-16-4-6-19(7-5-16)24-23(26)13-10-21(30-18(3)15-25)14-17(2)29-20-8-11-22(12-9-20)31(27)28/h4-6,8-14,18,25H,1-2,15H2,3H3,(H,24,26)(H,27,28)/p-1/b13-10+,21-14+/t18-/m0/s1. The summed E-state index contributed by atoms with van der Waals surface area (Å²) in [6, 6.07) is 5.75. The van der Waals surface area contributed by atoms with Gasteiger partial charge in [-0.15, -0.1) is 0 Å². The molecule has 0 spiro atoms. The summed E-state index contributed by atoms with van der Waals surface area (Å²) in [5.41, 5.74) is 4.16. The fraction of sp³-hybridized carbons (Fsp3) is 0.130. The second-order valence-corrected chi connectivity index (χ2v) is 7.31. The van der Waals surface area contributed by atoms with E-state index in [1.807, 2.05) is 0 Å². The molecule has 1 amide bonds. The highest BCUT2D eigenvalue weighted by atomic mass is 32.2. The van der Waals surface area contributed by atoms with Crippen LogP contribution in [0.1, 0.15) is 6.92 Å². The van der Waals surface area contributed by atoms with E-state index in [1.165, 1.54) is 42.5 Å². The summed E-state index contributed by atoms with van der Waals surface area (Å²) in [4.78, 5) is 12.3. The van der Waals surface area contributed by atoms with E-state index in [2.05, 4.69) is 24.2 Å². The number of allylic oxidation sites excluding steroid dienone is 5. The van der Waals surface area contributed by atoms with Crippen molar-refractivity contribution < 1.29 is 28.1 Å². The predicted octanol–water partition coefficient (Wildman–Crippen LogP) is 2.94. The van der Waals surface area contributed by atoms with Crippen LogP contribution in [-0.4, -0.2) is 32.5 Å². The molecule has 1 unspecified atom stereocenters. The van der Waals surface area contributed by atoms with E-state index >= 15 is 0 Å². The molecule has 1 aliphatic carbocycles. The van der Waals surface area contributed by atoms with Gasteiger partial charge < -0.3 is 24.4 Å². The largest absolute Gasteiger partial charge is 0.768 e. The van der Waals surface area contributed by atoms with E-state index in [4.69, 9.17) is 9.47 Å². The van der Waals surface area contributed by atoms with Crippen LogP contribution in [0.3, 0.4) is 0 Å². The van der Waals surface area contributed by atoms with Crippen molar-refractivity contribution in [3.8, 4) is 5.75 Å².